The molecule has 0 aliphatic rings. The van der Waals surface area contributed by atoms with Crippen LogP contribution < -0.4 is 5.73 Å². The smallest absolute Gasteiger partial charge is 0.153 e. The van der Waals surface area contributed by atoms with Crippen LogP contribution in [0.3, 0.4) is 0 Å². The molecular formula is C22H24FN3O2. The van der Waals surface area contributed by atoms with Gasteiger partial charge >= 0.3 is 0 Å². The number of nitriles is 1. The molecule has 0 bridgehead atoms. The fourth-order valence-electron chi connectivity index (χ4n) is 3.32. The van der Waals surface area contributed by atoms with Gasteiger partial charge in [0.2, 0.25) is 0 Å². The highest BCUT2D eigenvalue weighted by molar-refractivity contribution is 5.98. The van der Waals surface area contributed by atoms with Crippen LogP contribution in [-0.4, -0.2) is 29.5 Å². The fraction of sp³-hybridized carbons (Fsp3) is 0.318. The van der Waals surface area contributed by atoms with Crippen LogP contribution in [0.15, 0.2) is 36.5 Å². The first-order valence-corrected chi connectivity index (χ1v) is 9.33. The van der Waals surface area contributed by atoms with E-state index in [-0.39, 0.29) is 12.3 Å². The summed E-state index contributed by atoms with van der Waals surface area (Å²) < 4.78 is 22.2. The lowest BCUT2D eigenvalue weighted by molar-refractivity contribution is 0.112. The Morgan fingerprint density at radius 2 is 2.00 bits per heavy atom. The maximum atomic E-state index is 14.7. The summed E-state index contributed by atoms with van der Waals surface area (Å²) >= 11 is 0. The molecule has 3 aromatic rings. The Kier molecular flexibility index (Phi) is 6.30. The minimum Gasteiger partial charge on any atom is -0.396 e. The van der Waals surface area contributed by atoms with Gasteiger partial charge in [-0.05, 0) is 43.5 Å². The van der Waals surface area contributed by atoms with Crippen LogP contribution in [0.25, 0.3) is 22.0 Å². The lowest BCUT2D eigenvalue weighted by Gasteiger charge is -2.07. The van der Waals surface area contributed by atoms with E-state index >= 15 is 0 Å². The average Bonchev–Trinajstić information content (AvgIpc) is 3.03. The van der Waals surface area contributed by atoms with Crippen molar-refractivity contribution in [3.8, 4) is 17.2 Å². The van der Waals surface area contributed by atoms with Gasteiger partial charge in [0, 0.05) is 54.6 Å². The first-order valence-electron chi connectivity index (χ1n) is 9.33. The van der Waals surface area contributed by atoms with E-state index in [9.17, 15) is 9.65 Å². The van der Waals surface area contributed by atoms with Crippen molar-refractivity contribution in [1.29, 1.82) is 5.26 Å². The van der Waals surface area contributed by atoms with Crippen molar-refractivity contribution in [1.82, 2.24) is 4.57 Å². The minimum absolute atomic E-state index is 0.100. The summed E-state index contributed by atoms with van der Waals surface area (Å²) in [6.07, 6.45) is 3.32. The van der Waals surface area contributed by atoms with Crippen LogP contribution in [0.4, 0.5) is 10.1 Å². The number of ether oxygens (including phenoxy) is 1. The summed E-state index contributed by atoms with van der Waals surface area (Å²) in [4.78, 5) is 0. The Bertz CT molecular complexity index is 1020. The molecule has 1 aromatic heterocycles. The molecule has 146 valence electrons. The monoisotopic (exact) mass is 381 g/mol. The normalized spacial score (nSPS) is 11.1. The molecule has 0 unspecified atom stereocenters. The van der Waals surface area contributed by atoms with Crippen LogP contribution in [-0.2, 0) is 11.3 Å². The third kappa shape index (κ3) is 4.01. The number of aryl methyl sites for hydroxylation is 2. The van der Waals surface area contributed by atoms with Crippen molar-refractivity contribution in [2.45, 2.75) is 26.3 Å². The topological polar surface area (TPSA) is 84.2 Å². The van der Waals surface area contributed by atoms with Gasteiger partial charge in [-0.1, -0.05) is 12.1 Å². The van der Waals surface area contributed by atoms with Gasteiger partial charge in [0.1, 0.15) is 0 Å². The number of benzene rings is 2. The second kappa shape index (κ2) is 8.87. The maximum absolute atomic E-state index is 14.7. The van der Waals surface area contributed by atoms with Gasteiger partial charge in [0.25, 0.3) is 0 Å². The predicted octanol–water partition coefficient (Wildman–Crippen LogP) is 4.00. The summed E-state index contributed by atoms with van der Waals surface area (Å²) in [6.45, 7) is 3.83. The number of nitrogens with two attached hydrogens (primary N) is 1. The standard InChI is InChI=1S/C22H24FN3O2/c1-15-11-21-18(12-16(15)13-24)19(17-5-2-6-20(25)22(17)23)14-26(21)7-3-9-28-10-4-8-27/h2,5-6,11-12,14,27H,3-4,7-10,25H2,1H3. The molecule has 3 rings (SSSR count). The Balaban J connectivity index is 1.99. The predicted molar refractivity (Wildman–Crippen MR) is 108 cm³/mol. The molecule has 0 aliphatic carbocycles. The molecule has 2 aromatic carbocycles. The van der Waals surface area contributed by atoms with E-state index < -0.39 is 5.82 Å². The maximum Gasteiger partial charge on any atom is 0.153 e. The molecule has 0 spiro atoms. The number of nitrogens with zero attached hydrogens (tertiary/aromatic N) is 2. The van der Waals surface area contributed by atoms with Crippen molar-refractivity contribution >= 4 is 16.6 Å². The van der Waals surface area contributed by atoms with E-state index in [0.717, 1.165) is 28.5 Å². The van der Waals surface area contributed by atoms with Crippen LogP contribution in [0.5, 0.6) is 0 Å². The Labute approximate surface area is 163 Å². The lowest BCUT2D eigenvalue weighted by atomic mass is 10.00. The van der Waals surface area contributed by atoms with Gasteiger partial charge < -0.3 is 20.1 Å². The van der Waals surface area contributed by atoms with Gasteiger partial charge in [-0.25, -0.2) is 4.39 Å². The van der Waals surface area contributed by atoms with Crippen molar-refractivity contribution in [3.63, 3.8) is 0 Å². The molecule has 0 saturated heterocycles. The zero-order valence-corrected chi connectivity index (χ0v) is 15.9. The van der Waals surface area contributed by atoms with E-state index in [0.29, 0.717) is 37.3 Å². The molecule has 0 saturated carbocycles. The molecule has 1 heterocycles. The van der Waals surface area contributed by atoms with Crippen molar-refractivity contribution < 1.29 is 14.2 Å². The van der Waals surface area contributed by atoms with Crippen molar-refractivity contribution in [3.05, 3.63) is 53.5 Å². The summed E-state index contributed by atoms with van der Waals surface area (Å²) in [7, 11) is 0. The third-order valence-corrected chi connectivity index (χ3v) is 4.80. The van der Waals surface area contributed by atoms with E-state index in [2.05, 4.69) is 10.6 Å². The Hall–Kier alpha value is -2.88. The van der Waals surface area contributed by atoms with E-state index in [1.165, 1.54) is 6.07 Å². The molecule has 0 aliphatic heterocycles. The van der Waals surface area contributed by atoms with E-state index in [4.69, 9.17) is 15.6 Å². The minimum atomic E-state index is -0.451. The summed E-state index contributed by atoms with van der Waals surface area (Å²) in [5, 5.41) is 19.0. The van der Waals surface area contributed by atoms with Gasteiger partial charge in [0.05, 0.1) is 17.3 Å². The second-order valence-corrected chi connectivity index (χ2v) is 6.78. The summed E-state index contributed by atoms with van der Waals surface area (Å²) in [5.74, 6) is -0.451. The number of aromatic nitrogens is 1. The number of rotatable bonds is 8. The van der Waals surface area contributed by atoms with E-state index in [1.807, 2.05) is 25.3 Å². The number of fused-ring (bicyclic) bond motifs is 1. The highest BCUT2D eigenvalue weighted by Crippen LogP contribution is 2.35. The molecule has 0 radical (unpaired) electrons. The van der Waals surface area contributed by atoms with Gasteiger partial charge in [-0.2, -0.15) is 5.26 Å². The van der Waals surface area contributed by atoms with E-state index in [1.54, 1.807) is 12.1 Å². The van der Waals surface area contributed by atoms with Crippen LogP contribution in [0, 0.1) is 24.1 Å². The number of halogens is 1. The average molecular weight is 381 g/mol. The largest absolute Gasteiger partial charge is 0.396 e. The summed E-state index contributed by atoms with van der Waals surface area (Å²) in [5.41, 5.74) is 9.41. The molecular weight excluding hydrogens is 357 g/mol. The highest BCUT2D eigenvalue weighted by Gasteiger charge is 2.16. The van der Waals surface area contributed by atoms with Gasteiger partial charge in [0.15, 0.2) is 5.82 Å². The quantitative estimate of drug-likeness (QED) is 0.456. The number of anilines is 1. The SMILES string of the molecule is Cc1cc2c(cc1C#N)c(-c1cccc(N)c1F)cn2CCCOCCCO. The van der Waals surface area contributed by atoms with Crippen molar-refractivity contribution in [2.24, 2.45) is 0 Å². The molecule has 0 amide bonds. The highest BCUT2D eigenvalue weighted by atomic mass is 19.1. The number of aliphatic hydroxyl groups excluding tert-OH is 1. The zero-order valence-electron chi connectivity index (χ0n) is 15.9. The molecule has 5 nitrogen and oxygen atoms in total. The molecule has 28 heavy (non-hydrogen) atoms. The molecule has 0 atom stereocenters. The Morgan fingerprint density at radius 3 is 2.75 bits per heavy atom. The lowest BCUT2D eigenvalue weighted by Crippen LogP contribution is -2.04. The van der Waals surface area contributed by atoms with Crippen LogP contribution in [0.1, 0.15) is 24.0 Å². The van der Waals surface area contributed by atoms with Crippen molar-refractivity contribution in [2.75, 3.05) is 25.6 Å². The molecule has 3 N–H and O–H groups in total. The Morgan fingerprint density at radius 1 is 1.21 bits per heavy atom. The number of hydrogen-bond acceptors (Lipinski definition) is 4. The molecule has 0 fully saturated rings. The van der Waals surface area contributed by atoms with Crippen LogP contribution >= 0.6 is 0 Å². The first-order chi connectivity index (χ1) is 13.6. The van der Waals surface area contributed by atoms with Gasteiger partial charge in [-0.3, -0.25) is 0 Å². The number of aliphatic hydroxyl groups is 1. The number of nitrogen functional groups attached to an aromatic ring is 1. The zero-order chi connectivity index (χ0) is 20.1. The first kappa shape index (κ1) is 19.9. The fourth-order valence-corrected chi connectivity index (χ4v) is 3.32. The third-order valence-electron chi connectivity index (χ3n) is 4.80. The summed E-state index contributed by atoms with van der Waals surface area (Å²) in [6, 6.07) is 11.0. The number of hydrogen-bond donors (Lipinski definition) is 2. The van der Waals surface area contributed by atoms with Gasteiger partial charge in [-0.15, -0.1) is 0 Å². The second-order valence-electron chi connectivity index (χ2n) is 6.78. The molecule has 6 heteroatoms. The van der Waals surface area contributed by atoms with Crippen LogP contribution in [0.2, 0.25) is 0 Å².